The smallest absolute Gasteiger partial charge is 0.127 e. The summed E-state index contributed by atoms with van der Waals surface area (Å²) in [7, 11) is 0. The molecule has 0 saturated heterocycles. The van der Waals surface area contributed by atoms with Gasteiger partial charge < -0.3 is 20.4 Å². The number of carbonyl (C=O) groups is 2. The molecule has 4 nitrogen and oxygen atoms in total. The van der Waals surface area contributed by atoms with Gasteiger partial charge in [-0.25, -0.2) is 0 Å². The van der Waals surface area contributed by atoms with Gasteiger partial charge in [-0.3, -0.25) is 0 Å². The van der Waals surface area contributed by atoms with Crippen molar-refractivity contribution in [3.05, 3.63) is 12.3 Å². The van der Waals surface area contributed by atoms with Crippen molar-refractivity contribution < 1.29 is 14.7 Å². The molecular weight excluding hydrogens is 146 g/mol. The first-order chi connectivity index (χ1) is 5.29. The summed E-state index contributed by atoms with van der Waals surface area (Å²) < 4.78 is 0. The first kappa shape index (κ1) is 9.84. The number of aldehydes is 2. The number of hydrogen-bond acceptors (Lipinski definition) is 4. The van der Waals surface area contributed by atoms with Crippen LogP contribution in [-0.2, 0) is 9.59 Å². The van der Waals surface area contributed by atoms with E-state index in [-0.39, 0.29) is 6.61 Å². The largest absolute Gasteiger partial charge is 0.405 e. The lowest BCUT2D eigenvalue weighted by Crippen LogP contribution is -2.19. The molecule has 11 heavy (non-hydrogen) atoms. The van der Waals surface area contributed by atoms with Crippen LogP contribution in [0.4, 0.5) is 0 Å². The molecule has 0 aliphatic carbocycles. The maximum atomic E-state index is 10.3. The minimum atomic E-state index is -0.674. The molecule has 0 bridgehead atoms. The van der Waals surface area contributed by atoms with Gasteiger partial charge in [-0.05, 0) is 6.20 Å². The third-order valence-electron chi connectivity index (χ3n) is 1.37. The summed E-state index contributed by atoms with van der Waals surface area (Å²) in [6, 6.07) is 0. The number of rotatable bonds is 5. The topological polar surface area (TPSA) is 80.4 Å². The Bertz CT molecular complexity index is 156. The van der Waals surface area contributed by atoms with Crippen LogP contribution in [-0.4, -0.2) is 24.3 Å². The van der Waals surface area contributed by atoms with E-state index in [1.807, 2.05) is 0 Å². The Hall–Kier alpha value is -1.16. The van der Waals surface area contributed by atoms with E-state index in [4.69, 9.17) is 10.8 Å². The summed E-state index contributed by atoms with van der Waals surface area (Å²) in [6.07, 6.45) is 3.69. The molecule has 2 unspecified atom stereocenters. The number of hydrogen-bond donors (Lipinski definition) is 2. The number of aliphatic hydroxyl groups is 1. The van der Waals surface area contributed by atoms with Gasteiger partial charge in [0, 0.05) is 5.92 Å². The van der Waals surface area contributed by atoms with E-state index in [0.29, 0.717) is 12.6 Å². The number of carbonyl (C=O) groups excluding carboxylic acids is 2. The Balaban J connectivity index is 4.19. The van der Waals surface area contributed by atoms with Crippen molar-refractivity contribution in [2.24, 2.45) is 17.6 Å². The molecule has 0 radical (unpaired) electrons. The van der Waals surface area contributed by atoms with Crippen LogP contribution in [0.1, 0.15) is 0 Å². The van der Waals surface area contributed by atoms with E-state index in [2.05, 4.69) is 0 Å². The summed E-state index contributed by atoms with van der Waals surface area (Å²) in [5.74, 6) is -1.28. The Morgan fingerprint density at radius 2 is 2.00 bits per heavy atom. The highest BCUT2D eigenvalue weighted by molar-refractivity contribution is 5.66. The fourth-order valence-corrected chi connectivity index (χ4v) is 0.673. The first-order valence-corrected chi connectivity index (χ1v) is 3.20. The second-order valence-electron chi connectivity index (χ2n) is 2.08. The normalized spacial score (nSPS) is 16.1. The van der Waals surface area contributed by atoms with Gasteiger partial charge in [0.15, 0.2) is 0 Å². The van der Waals surface area contributed by atoms with Gasteiger partial charge in [0.2, 0.25) is 0 Å². The molecule has 0 aliphatic heterocycles. The van der Waals surface area contributed by atoms with E-state index in [0.717, 1.165) is 0 Å². The highest BCUT2D eigenvalue weighted by atomic mass is 16.3. The zero-order valence-electron chi connectivity index (χ0n) is 6.01. The summed E-state index contributed by atoms with van der Waals surface area (Å²) in [5, 5.41) is 8.59. The van der Waals surface area contributed by atoms with Crippen LogP contribution < -0.4 is 5.73 Å². The maximum Gasteiger partial charge on any atom is 0.127 e. The SMILES string of the molecule is N/C=C\C(C=O)C(C=O)CO. The summed E-state index contributed by atoms with van der Waals surface area (Å²) >= 11 is 0. The van der Waals surface area contributed by atoms with Crippen LogP contribution in [0.5, 0.6) is 0 Å². The zero-order chi connectivity index (χ0) is 8.69. The fraction of sp³-hybridized carbons (Fsp3) is 0.429. The second kappa shape index (κ2) is 5.61. The molecule has 2 atom stereocenters. The van der Waals surface area contributed by atoms with Crippen LogP contribution in [0, 0.1) is 11.8 Å². The molecule has 0 spiro atoms. The van der Waals surface area contributed by atoms with Gasteiger partial charge in [0.25, 0.3) is 0 Å². The molecule has 62 valence electrons. The van der Waals surface area contributed by atoms with Crippen LogP contribution >= 0.6 is 0 Å². The third-order valence-corrected chi connectivity index (χ3v) is 1.37. The van der Waals surface area contributed by atoms with Gasteiger partial charge >= 0.3 is 0 Å². The van der Waals surface area contributed by atoms with Crippen molar-refractivity contribution in [3.8, 4) is 0 Å². The third kappa shape index (κ3) is 2.95. The van der Waals surface area contributed by atoms with Crippen molar-refractivity contribution in [2.45, 2.75) is 0 Å². The van der Waals surface area contributed by atoms with E-state index < -0.39 is 11.8 Å². The zero-order valence-corrected chi connectivity index (χ0v) is 6.01. The Morgan fingerprint density at radius 3 is 2.27 bits per heavy atom. The Kier molecular flexibility index (Phi) is 5.02. The molecule has 0 aromatic heterocycles. The number of nitrogens with two attached hydrogens (primary N) is 1. The van der Waals surface area contributed by atoms with E-state index in [1.165, 1.54) is 12.3 Å². The molecule has 0 heterocycles. The van der Waals surface area contributed by atoms with Crippen molar-refractivity contribution in [1.29, 1.82) is 0 Å². The minimum absolute atomic E-state index is 0.336. The lowest BCUT2D eigenvalue weighted by molar-refractivity contribution is -0.119. The average molecular weight is 157 g/mol. The van der Waals surface area contributed by atoms with Gasteiger partial charge in [0.05, 0.1) is 12.5 Å². The van der Waals surface area contributed by atoms with Crippen molar-refractivity contribution >= 4 is 12.6 Å². The average Bonchev–Trinajstić information content (AvgIpc) is 2.05. The quantitative estimate of drug-likeness (QED) is 0.506. The molecule has 0 aromatic rings. The Morgan fingerprint density at radius 1 is 1.36 bits per heavy atom. The number of aliphatic hydroxyl groups excluding tert-OH is 1. The predicted octanol–water partition coefficient (Wildman–Crippen LogP) is -0.919. The maximum absolute atomic E-state index is 10.3. The fourth-order valence-electron chi connectivity index (χ4n) is 0.673. The van der Waals surface area contributed by atoms with Gasteiger partial charge in [-0.1, -0.05) is 6.08 Å². The number of allylic oxidation sites excluding steroid dienone is 1. The van der Waals surface area contributed by atoms with Crippen molar-refractivity contribution in [1.82, 2.24) is 0 Å². The predicted molar refractivity (Wildman–Crippen MR) is 39.5 cm³/mol. The van der Waals surface area contributed by atoms with E-state index in [9.17, 15) is 9.59 Å². The van der Waals surface area contributed by atoms with Crippen LogP contribution in [0.2, 0.25) is 0 Å². The van der Waals surface area contributed by atoms with Crippen molar-refractivity contribution in [2.75, 3.05) is 6.61 Å². The summed E-state index contributed by atoms with van der Waals surface area (Å²) in [5.41, 5.74) is 5.02. The summed E-state index contributed by atoms with van der Waals surface area (Å²) in [4.78, 5) is 20.5. The molecule has 0 aromatic carbocycles. The van der Waals surface area contributed by atoms with Gasteiger partial charge in [-0.15, -0.1) is 0 Å². The molecule has 0 saturated carbocycles. The van der Waals surface area contributed by atoms with E-state index >= 15 is 0 Å². The van der Waals surface area contributed by atoms with E-state index in [1.54, 1.807) is 0 Å². The molecule has 0 amide bonds. The summed E-state index contributed by atoms with van der Waals surface area (Å²) in [6.45, 7) is -0.336. The van der Waals surface area contributed by atoms with Crippen molar-refractivity contribution in [3.63, 3.8) is 0 Å². The molecule has 0 aliphatic rings. The van der Waals surface area contributed by atoms with Crippen LogP contribution in [0.25, 0.3) is 0 Å². The molecule has 3 N–H and O–H groups in total. The molecule has 4 heteroatoms. The van der Waals surface area contributed by atoms with Crippen LogP contribution in [0.3, 0.4) is 0 Å². The van der Waals surface area contributed by atoms with Crippen LogP contribution in [0.15, 0.2) is 12.3 Å². The molecular formula is C7H11NO3. The standard InChI is InChI=1S/C7H11NO3/c8-2-1-6(3-9)7(4-10)5-11/h1-4,6-7,11H,5,8H2/b2-1-. The highest BCUT2D eigenvalue weighted by Gasteiger charge is 2.16. The van der Waals surface area contributed by atoms with Gasteiger partial charge in [0.1, 0.15) is 12.6 Å². The Labute approximate surface area is 64.7 Å². The lowest BCUT2D eigenvalue weighted by atomic mass is 9.96. The highest BCUT2D eigenvalue weighted by Crippen LogP contribution is 2.07. The second-order valence-corrected chi connectivity index (χ2v) is 2.08. The lowest BCUT2D eigenvalue weighted by Gasteiger charge is -2.09. The molecule has 0 rings (SSSR count). The monoisotopic (exact) mass is 157 g/mol. The first-order valence-electron chi connectivity index (χ1n) is 3.20. The molecule has 0 fully saturated rings. The minimum Gasteiger partial charge on any atom is -0.405 e. The van der Waals surface area contributed by atoms with Gasteiger partial charge in [-0.2, -0.15) is 0 Å².